The number of benzene rings is 1. The normalized spacial score (nSPS) is 11.1. The monoisotopic (exact) mass is 224 g/mol. The van der Waals surface area contributed by atoms with Gasteiger partial charge in [-0.2, -0.15) is 0 Å². The maximum absolute atomic E-state index is 10.5. The van der Waals surface area contributed by atoms with Gasteiger partial charge in [-0.15, -0.1) is 0 Å². The predicted molar refractivity (Wildman–Crippen MR) is 49.4 cm³/mol. The van der Waals surface area contributed by atoms with Crippen molar-refractivity contribution in [2.45, 2.75) is 0 Å². The number of hydrogen-bond donors (Lipinski definition) is 1. The van der Waals surface area contributed by atoms with E-state index in [1.54, 1.807) is 12.1 Å². The number of aldehydes is 1. The molecule has 0 fully saturated rings. The van der Waals surface area contributed by atoms with Crippen molar-refractivity contribution in [2.75, 3.05) is 0 Å². The van der Waals surface area contributed by atoms with Gasteiger partial charge >= 0.3 is 98.9 Å². The molecule has 14 heavy (non-hydrogen) atoms. The predicted octanol–water partition coefficient (Wildman–Crippen LogP) is -0.526. The molecule has 1 aromatic carbocycles. The second kappa shape index (κ2) is 4.41. The average molecular weight is 224 g/mol. The first-order valence-corrected chi connectivity index (χ1v) is 6.02. The van der Waals surface area contributed by atoms with Crippen molar-refractivity contribution >= 4 is 47.4 Å². The van der Waals surface area contributed by atoms with Crippen LogP contribution in [0, 0.1) is 0 Å². The molecule has 0 radical (unpaired) electrons. The number of carbonyl (C=O) groups is 1. The van der Waals surface area contributed by atoms with E-state index in [0.717, 1.165) is 0 Å². The Kier molecular flexibility index (Phi) is 3.68. The summed E-state index contributed by atoms with van der Waals surface area (Å²) in [6.07, 6.45) is 0.474. The SMILES string of the molecule is O=Cc1ccc[c]([Na])c1OS(=O)(=O)O. The van der Waals surface area contributed by atoms with Gasteiger partial charge in [-0.3, -0.25) is 0 Å². The van der Waals surface area contributed by atoms with E-state index in [9.17, 15) is 13.2 Å². The fraction of sp³-hybridized carbons (Fsp3) is 0. The van der Waals surface area contributed by atoms with E-state index in [2.05, 4.69) is 4.18 Å². The summed E-state index contributed by atoms with van der Waals surface area (Å²) in [6.45, 7) is 0. The van der Waals surface area contributed by atoms with Gasteiger partial charge in [0.05, 0.1) is 0 Å². The van der Waals surface area contributed by atoms with E-state index in [1.165, 1.54) is 6.07 Å². The first kappa shape index (κ1) is 11.7. The quantitative estimate of drug-likeness (QED) is 0.424. The molecule has 1 rings (SSSR count). The number of para-hydroxylation sites is 1. The Labute approximate surface area is 98.4 Å². The van der Waals surface area contributed by atoms with Crippen LogP contribution in [-0.4, -0.2) is 47.2 Å². The van der Waals surface area contributed by atoms with Crippen LogP contribution in [-0.2, 0) is 10.4 Å². The van der Waals surface area contributed by atoms with Gasteiger partial charge < -0.3 is 0 Å². The van der Waals surface area contributed by atoms with Gasteiger partial charge in [0.1, 0.15) is 0 Å². The number of hydrogen-bond acceptors (Lipinski definition) is 4. The summed E-state index contributed by atoms with van der Waals surface area (Å²) in [7, 11) is -4.57. The number of rotatable bonds is 3. The van der Waals surface area contributed by atoms with Crippen LogP contribution in [0.1, 0.15) is 10.4 Å². The summed E-state index contributed by atoms with van der Waals surface area (Å²) in [5.74, 6) is -0.0864. The summed E-state index contributed by atoms with van der Waals surface area (Å²) < 4.78 is 34.2. The molecular weight excluding hydrogens is 219 g/mol. The van der Waals surface area contributed by atoms with E-state index < -0.39 is 10.4 Å². The molecule has 70 valence electrons. The third kappa shape index (κ3) is 3.07. The van der Waals surface area contributed by atoms with Crippen LogP contribution in [0.4, 0.5) is 0 Å². The van der Waals surface area contributed by atoms with Gasteiger partial charge in [0, 0.05) is 0 Å². The summed E-state index contributed by atoms with van der Waals surface area (Å²) >= 11 is 0.513. The molecule has 0 unspecified atom stereocenters. The van der Waals surface area contributed by atoms with Crippen LogP contribution in [0.5, 0.6) is 5.75 Å². The molecule has 0 atom stereocenters. The molecule has 0 aromatic heterocycles. The topological polar surface area (TPSA) is 80.7 Å². The second-order valence-corrected chi connectivity index (χ2v) is 4.72. The molecule has 5 nitrogen and oxygen atoms in total. The standard InChI is InChI=1S/C7H5O5S.Na/c8-5-6-3-1-2-4-7(6)12-13(9,10)11;/h1-3,5H,(H,9,10,11);. The molecule has 7 heteroatoms. The van der Waals surface area contributed by atoms with Crippen LogP contribution >= 0.6 is 0 Å². The van der Waals surface area contributed by atoms with Gasteiger partial charge in [-0.25, -0.2) is 0 Å². The third-order valence-corrected chi connectivity index (χ3v) is 2.72. The first-order chi connectivity index (χ1) is 6.44. The van der Waals surface area contributed by atoms with E-state index in [1.807, 2.05) is 0 Å². The molecular formula is C7H5NaO5S. The molecule has 0 spiro atoms. The van der Waals surface area contributed by atoms with Crippen LogP contribution in [0.15, 0.2) is 18.2 Å². The van der Waals surface area contributed by atoms with Crippen molar-refractivity contribution < 1.29 is 21.9 Å². The second-order valence-electron chi connectivity index (χ2n) is 2.62. The van der Waals surface area contributed by atoms with Gasteiger partial charge in [-0.1, -0.05) is 0 Å². The number of carbonyl (C=O) groups excluding carboxylic acids is 1. The fourth-order valence-corrected chi connectivity index (χ4v) is 2.16. The summed E-state index contributed by atoms with van der Waals surface area (Å²) in [5, 5.41) is 0. The zero-order valence-electron chi connectivity index (χ0n) is 7.30. The summed E-state index contributed by atoms with van der Waals surface area (Å²) in [6, 6.07) is 4.65. The van der Waals surface area contributed by atoms with Gasteiger partial charge in [-0.05, 0) is 0 Å². The zero-order valence-corrected chi connectivity index (χ0v) is 10.1. The summed E-state index contributed by atoms with van der Waals surface area (Å²) in [5.41, 5.74) is 0.107. The van der Waals surface area contributed by atoms with E-state index in [-0.39, 0.29) is 11.3 Å². The van der Waals surface area contributed by atoms with Crippen molar-refractivity contribution in [3.8, 4) is 5.75 Å². The van der Waals surface area contributed by atoms with Crippen molar-refractivity contribution in [3.05, 3.63) is 23.8 Å². The molecule has 1 N–H and O–H groups in total. The van der Waals surface area contributed by atoms with Crippen molar-refractivity contribution in [1.29, 1.82) is 0 Å². The Balaban J connectivity index is 3.24. The molecule has 0 bridgehead atoms. The Bertz CT molecular complexity index is 453. The van der Waals surface area contributed by atoms with Crippen LogP contribution < -0.4 is 7.00 Å². The fourth-order valence-electron chi connectivity index (χ4n) is 0.987. The van der Waals surface area contributed by atoms with Gasteiger partial charge in [0.2, 0.25) is 0 Å². The minimum atomic E-state index is -4.57. The Morgan fingerprint density at radius 1 is 1.43 bits per heavy atom. The van der Waals surface area contributed by atoms with Crippen molar-refractivity contribution in [3.63, 3.8) is 0 Å². The van der Waals surface area contributed by atoms with Gasteiger partial charge in [0.25, 0.3) is 0 Å². The Morgan fingerprint density at radius 3 is 2.57 bits per heavy atom. The molecule has 0 amide bonds. The molecule has 0 aliphatic carbocycles. The van der Waals surface area contributed by atoms with Crippen LogP contribution in [0.25, 0.3) is 0 Å². The van der Waals surface area contributed by atoms with E-state index >= 15 is 0 Å². The molecule has 0 heterocycles. The van der Waals surface area contributed by atoms with Crippen molar-refractivity contribution in [1.82, 2.24) is 0 Å². The molecule has 0 saturated carbocycles. The average Bonchev–Trinajstić information content (AvgIpc) is 2.06. The third-order valence-electron chi connectivity index (χ3n) is 1.56. The van der Waals surface area contributed by atoms with Crippen molar-refractivity contribution in [2.24, 2.45) is 0 Å². The summed E-state index contributed by atoms with van der Waals surface area (Å²) in [4.78, 5) is 10.5. The van der Waals surface area contributed by atoms with E-state index in [4.69, 9.17) is 4.55 Å². The molecule has 0 saturated heterocycles. The van der Waals surface area contributed by atoms with Crippen LogP contribution in [0.3, 0.4) is 0 Å². The van der Waals surface area contributed by atoms with Crippen LogP contribution in [0.2, 0.25) is 0 Å². The molecule has 1 aromatic rings. The first-order valence-electron chi connectivity index (χ1n) is 3.66. The zero-order chi connectivity index (χ0) is 10.8. The Morgan fingerprint density at radius 2 is 2.07 bits per heavy atom. The maximum atomic E-state index is 10.5. The molecule has 0 aliphatic heterocycles. The van der Waals surface area contributed by atoms with Gasteiger partial charge in [0.15, 0.2) is 0 Å². The van der Waals surface area contributed by atoms with E-state index in [0.29, 0.717) is 37.0 Å². The Hall–Kier alpha value is -0.400. The molecule has 0 aliphatic rings. The minimum absolute atomic E-state index is 0.0864.